The Morgan fingerprint density at radius 1 is 1.32 bits per heavy atom. The van der Waals surface area contributed by atoms with Crippen molar-refractivity contribution in [1.82, 2.24) is 14.5 Å². The van der Waals surface area contributed by atoms with Crippen molar-refractivity contribution in [3.05, 3.63) is 57.8 Å². The molecule has 0 saturated carbocycles. The number of nitrogens with zero attached hydrogens (tertiary/aromatic N) is 3. The number of hydrogen-bond donors (Lipinski definition) is 0. The molecule has 0 saturated heterocycles. The SMILES string of the molecule is CCc1cc2c(=O)n(Cc3nc4ccccc4o3)cnc2s1. The van der Waals surface area contributed by atoms with Crippen LogP contribution in [0.5, 0.6) is 0 Å². The molecule has 6 heteroatoms. The van der Waals surface area contributed by atoms with Gasteiger partial charge in [0, 0.05) is 4.88 Å². The Bertz CT molecular complexity index is 996. The Kier molecular flexibility index (Phi) is 3.04. The van der Waals surface area contributed by atoms with E-state index in [0.717, 1.165) is 22.4 Å². The average Bonchev–Trinajstić information content (AvgIpc) is 3.13. The van der Waals surface area contributed by atoms with Crippen LogP contribution in [0.4, 0.5) is 0 Å². The molecule has 4 aromatic rings. The molecule has 0 spiro atoms. The van der Waals surface area contributed by atoms with Crippen molar-refractivity contribution < 1.29 is 4.42 Å². The second-order valence-electron chi connectivity index (χ2n) is 5.04. The van der Waals surface area contributed by atoms with E-state index in [0.29, 0.717) is 11.3 Å². The fourth-order valence-corrected chi connectivity index (χ4v) is 3.36. The van der Waals surface area contributed by atoms with Crippen LogP contribution in [-0.2, 0) is 13.0 Å². The zero-order chi connectivity index (χ0) is 15.1. The second-order valence-corrected chi connectivity index (χ2v) is 6.15. The van der Waals surface area contributed by atoms with Gasteiger partial charge in [0.25, 0.3) is 5.56 Å². The topological polar surface area (TPSA) is 60.9 Å². The van der Waals surface area contributed by atoms with E-state index in [1.165, 1.54) is 4.88 Å². The molecule has 5 nitrogen and oxygen atoms in total. The number of benzene rings is 1. The zero-order valence-corrected chi connectivity index (χ0v) is 12.8. The van der Waals surface area contributed by atoms with Crippen LogP contribution in [0.2, 0.25) is 0 Å². The van der Waals surface area contributed by atoms with E-state index >= 15 is 0 Å². The first-order valence-corrected chi connectivity index (χ1v) is 7.88. The van der Waals surface area contributed by atoms with Gasteiger partial charge in [0.2, 0.25) is 5.89 Å². The van der Waals surface area contributed by atoms with E-state index in [2.05, 4.69) is 16.9 Å². The molecule has 3 heterocycles. The van der Waals surface area contributed by atoms with Crippen molar-refractivity contribution in [2.24, 2.45) is 0 Å². The smallest absolute Gasteiger partial charge is 0.262 e. The predicted molar refractivity (Wildman–Crippen MR) is 86.4 cm³/mol. The van der Waals surface area contributed by atoms with Crippen LogP contribution in [-0.4, -0.2) is 14.5 Å². The molecular formula is C16H13N3O2S. The highest BCUT2D eigenvalue weighted by Crippen LogP contribution is 2.21. The Balaban J connectivity index is 1.77. The van der Waals surface area contributed by atoms with Gasteiger partial charge in [-0.25, -0.2) is 9.97 Å². The largest absolute Gasteiger partial charge is 0.439 e. The molecule has 4 rings (SSSR count). The Morgan fingerprint density at radius 3 is 3.00 bits per heavy atom. The maximum absolute atomic E-state index is 12.5. The van der Waals surface area contributed by atoms with Crippen molar-refractivity contribution in [3.8, 4) is 0 Å². The molecule has 0 fully saturated rings. The molecule has 0 atom stereocenters. The summed E-state index contributed by atoms with van der Waals surface area (Å²) in [7, 11) is 0. The van der Waals surface area contributed by atoms with Crippen molar-refractivity contribution in [2.75, 3.05) is 0 Å². The normalized spacial score (nSPS) is 11.5. The summed E-state index contributed by atoms with van der Waals surface area (Å²) in [5.41, 5.74) is 1.47. The zero-order valence-electron chi connectivity index (χ0n) is 11.9. The van der Waals surface area contributed by atoms with Crippen LogP contribution in [0.3, 0.4) is 0 Å². The highest BCUT2D eigenvalue weighted by atomic mass is 32.1. The molecule has 0 radical (unpaired) electrons. The van der Waals surface area contributed by atoms with Gasteiger partial charge in [0.1, 0.15) is 16.9 Å². The maximum atomic E-state index is 12.5. The minimum atomic E-state index is -0.0526. The van der Waals surface area contributed by atoms with E-state index < -0.39 is 0 Å². The number of rotatable bonds is 3. The van der Waals surface area contributed by atoms with Crippen LogP contribution in [0, 0.1) is 0 Å². The van der Waals surface area contributed by atoms with Crippen molar-refractivity contribution >= 4 is 32.7 Å². The van der Waals surface area contributed by atoms with Crippen LogP contribution in [0.15, 0.2) is 45.9 Å². The van der Waals surface area contributed by atoms with E-state index in [-0.39, 0.29) is 12.1 Å². The van der Waals surface area contributed by atoms with E-state index in [1.807, 2.05) is 30.3 Å². The van der Waals surface area contributed by atoms with Gasteiger partial charge < -0.3 is 4.42 Å². The first kappa shape index (κ1) is 13.2. The lowest BCUT2D eigenvalue weighted by molar-refractivity contribution is 0.503. The van der Waals surface area contributed by atoms with Gasteiger partial charge >= 0.3 is 0 Å². The summed E-state index contributed by atoms with van der Waals surface area (Å²) >= 11 is 1.57. The van der Waals surface area contributed by atoms with Gasteiger partial charge in [-0.05, 0) is 24.6 Å². The fraction of sp³-hybridized carbons (Fsp3) is 0.188. The molecule has 110 valence electrons. The summed E-state index contributed by atoms with van der Waals surface area (Å²) in [6, 6.07) is 9.49. The summed E-state index contributed by atoms with van der Waals surface area (Å²) in [5, 5.41) is 0.667. The van der Waals surface area contributed by atoms with Crippen LogP contribution in [0.1, 0.15) is 17.7 Å². The third-order valence-corrected chi connectivity index (χ3v) is 4.75. The number of oxazole rings is 1. The van der Waals surface area contributed by atoms with Crippen molar-refractivity contribution in [3.63, 3.8) is 0 Å². The lowest BCUT2D eigenvalue weighted by atomic mass is 10.3. The lowest BCUT2D eigenvalue weighted by Crippen LogP contribution is -2.20. The number of fused-ring (bicyclic) bond motifs is 2. The number of aryl methyl sites for hydroxylation is 1. The highest BCUT2D eigenvalue weighted by molar-refractivity contribution is 7.18. The minimum absolute atomic E-state index is 0.0526. The molecular weight excluding hydrogens is 298 g/mol. The summed E-state index contributed by atoms with van der Waals surface area (Å²) in [6.45, 7) is 2.36. The van der Waals surface area contributed by atoms with Gasteiger partial charge in [0.05, 0.1) is 11.7 Å². The maximum Gasteiger partial charge on any atom is 0.262 e. The Hall–Kier alpha value is -2.47. The number of aromatic nitrogens is 3. The van der Waals surface area contributed by atoms with E-state index in [4.69, 9.17) is 4.42 Å². The van der Waals surface area contributed by atoms with Gasteiger partial charge in [-0.3, -0.25) is 9.36 Å². The lowest BCUT2D eigenvalue weighted by Gasteiger charge is -2.01. The Morgan fingerprint density at radius 2 is 2.18 bits per heavy atom. The van der Waals surface area contributed by atoms with Crippen LogP contribution >= 0.6 is 11.3 Å². The summed E-state index contributed by atoms with van der Waals surface area (Å²) in [4.78, 5) is 23.3. The molecule has 1 aromatic carbocycles. The standard InChI is InChI=1S/C16H13N3O2S/c1-2-10-7-11-15(22-10)17-9-19(16(11)20)8-14-18-12-5-3-4-6-13(12)21-14/h3-7,9H,2,8H2,1H3. The fourth-order valence-electron chi connectivity index (χ4n) is 2.43. The monoisotopic (exact) mass is 311 g/mol. The number of thiophene rings is 1. The molecule has 0 bridgehead atoms. The molecule has 3 aromatic heterocycles. The molecule has 0 aliphatic rings. The summed E-state index contributed by atoms with van der Waals surface area (Å²) < 4.78 is 7.21. The Labute approximate surface area is 129 Å². The third kappa shape index (κ3) is 2.12. The minimum Gasteiger partial charge on any atom is -0.439 e. The van der Waals surface area contributed by atoms with Gasteiger partial charge in [-0.15, -0.1) is 11.3 Å². The third-order valence-electron chi connectivity index (χ3n) is 3.56. The summed E-state index contributed by atoms with van der Waals surface area (Å²) in [5.74, 6) is 0.510. The van der Waals surface area contributed by atoms with Gasteiger partial charge in [-0.1, -0.05) is 19.1 Å². The average molecular weight is 311 g/mol. The van der Waals surface area contributed by atoms with Gasteiger partial charge in [-0.2, -0.15) is 0 Å². The first-order valence-electron chi connectivity index (χ1n) is 7.07. The summed E-state index contributed by atoms with van der Waals surface area (Å²) in [6.07, 6.45) is 2.47. The number of para-hydroxylation sites is 2. The van der Waals surface area contributed by atoms with Crippen LogP contribution in [0.25, 0.3) is 21.3 Å². The molecule has 0 N–H and O–H groups in total. The number of hydrogen-bond acceptors (Lipinski definition) is 5. The van der Waals surface area contributed by atoms with Crippen molar-refractivity contribution in [2.45, 2.75) is 19.9 Å². The van der Waals surface area contributed by atoms with Crippen LogP contribution < -0.4 is 5.56 Å². The molecule has 22 heavy (non-hydrogen) atoms. The van der Waals surface area contributed by atoms with Crippen molar-refractivity contribution in [1.29, 1.82) is 0 Å². The molecule has 0 aliphatic carbocycles. The highest BCUT2D eigenvalue weighted by Gasteiger charge is 2.11. The quantitative estimate of drug-likeness (QED) is 0.583. The molecule has 0 amide bonds. The van der Waals surface area contributed by atoms with E-state index in [9.17, 15) is 4.79 Å². The first-order chi connectivity index (χ1) is 10.7. The van der Waals surface area contributed by atoms with Gasteiger partial charge in [0.15, 0.2) is 5.58 Å². The molecule has 0 unspecified atom stereocenters. The van der Waals surface area contributed by atoms with E-state index in [1.54, 1.807) is 22.2 Å². The predicted octanol–water partition coefficient (Wildman–Crippen LogP) is 3.21. The molecule has 0 aliphatic heterocycles. The second kappa shape index (κ2) is 5.06.